The van der Waals surface area contributed by atoms with Crippen molar-refractivity contribution in [3.63, 3.8) is 0 Å². The summed E-state index contributed by atoms with van der Waals surface area (Å²) in [7, 11) is 0. The molecule has 0 saturated carbocycles. The summed E-state index contributed by atoms with van der Waals surface area (Å²) in [6, 6.07) is 0. The summed E-state index contributed by atoms with van der Waals surface area (Å²) in [5.41, 5.74) is 5.43. The van der Waals surface area contributed by atoms with Crippen LogP contribution in [0, 0.1) is 6.92 Å². The van der Waals surface area contributed by atoms with Crippen molar-refractivity contribution in [2.75, 3.05) is 12.3 Å². The van der Waals surface area contributed by atoms with Crippen LogP contribution < -0.4 is 10.5 Å². The lowest BCUT2D eigenvalue weighted by Gasteiger charge is -2.03. The van der Waals surface area contributed by atoms with E-state index in [0.717, 1.165) is 0 Å². The van der Waals surface area contributed by atoms with Gasteiger partial charge in [-0.25, -0.2) is 9.97 Å². The first-order valence-corrected chi connectivity index (χ1v) is 3.73. The summed E-state index contributed by atoms with van der Waals surface area (Å²) in [4.78, 5) is 7.74. The second-order valence-electron chi connectivity index (χ2n) is 1.73. The highest BCUT2D eigenvalue weighted by Gasteiger charge is 2.02. The van der Waals surface area contributed by atoms with Gasteiger partial charge in [-0.2, -0.15) is 0 Å². The number of rotatable bonds is 2. The third kappa shape index (κ3) is 2.04. The Kier molecular flexibility index (Phi) is 2.64. The Labute approximate surface area is 72.9 Å². The summed E-state index contributed by atoms with van der Waals surface area (Å²) >= 11 is 3.14. The van der Waals surface area contributed by atoms with Crippen LogP contribution in [-0.2, 0) is 0 Å². The number of hydrogen-bond acceptors (Lipinski definition) is 4. The van der Waals surface area contributed by atoms with Crippen molar-refractivity contribution in [2.45, 2.75) is 0 Å². The van der Waals surface area contributed by atoms with Gasteiger partial charge in [-0.1, -0.05) is 0 Å². The molecule has 11 heavy (non-hydrogen) atoms. The van der Waals surface area contributed by atoms with Crippen LogP contribution in [0.1, 0.15) is 0 Å². The van der Waals surface area contributed by atoms with E-state index in [1.165, 1.54) is 6.20 Å². The maximum atomic E-state index is 5.43. The third-order valence-corrected chi connectivity index (χ3v) is 1.36. The quantitative estimate of drug-likeness (QED) is 0.803. The Bertz CT molecular complexity index is 254. The highest BCUT2D eigenvalue weighted by Crippen LogP contribution is 2.17. The molecule has 1 aromatic rings. The molecule has 0 aliphatic carbocycles. The molecule has 1 radical (unpaired) electrons. The van der Waals surface area contributed by atoms with Crippen LogP contribution >= 0.6 is 15.9 Å². The Balaban J connectivity index is 2.93. The third-order valence-electron chi connectivity index (χ3n) is 0.976. The van der Waals surface area contributed by atoms with E-state index in [1.807, 2.05) is 0 Å². The zero-order valence-electron chi connectivity index (χ0n) is 5.75. The number of nitrogens with zero attached hydrogens (tertiary/aromatic N) is 2. The van der Waals surface area contributed by atoms with Crippen molar-refractivity contribution >= 4 is 21.7 Å². The molecule has 0 saturated heterocycles. The van der Waals surface area contributed by atoms with Crippen molar-refractivity contribution in [2.24, 2.45) is 0 Å². The lowest BCUT2D eigenvalue weighted by Crippen LogP contribution is -2.01. The van der Waals surface area contributed by atoms with E-state index >= 15 is 0 Å². The van der Waals surface area contributed by atoms with Crippen LogP contribution in [0.3, 0.4) is 0 Å². The van der Waals surface area contributed by atoms with Crippen LogP contribution in [0.2, 0.25) is 0 Å². The smallest absolute Gasteiger partial charge is 0.258 e. The fourth-order valence-corrected chi connectivity index (χ4v) is 0.827. The fourth-order valence-electron chi connectivity index (χ4n) is 0.564. The predicted molar refractivity (Wildman–Crippen MR) is 45.0 cm³/mol. The molecule has 59 valence electrons. The average molecular weight is 217 g/mol. The van der Waals surface area contributed by atoms with E-state index in [2.05, 4.69) is 32.8 Å². The highest BCUT2D eigenvalue weighted by molar-refractivity contribution is 9.10. The Hall–Kier alpha value is -0.840. The molecule has 4 nitrogen and oxygen atoms in total. The van der Waals surface area contributed by atoms with Crippen molar-refractivity contribution in [3.05, 3.63) is 17.7 Å². The van der Waals surface area contributed by atoms with E-state index in [-0.39, 0.29) is 12.4 Å². The molecule has 2 N–H and O–H groups in total. The number of nitrogen functional groups attached to an aromatic ring is 1. The van der Waals surface area contributed by atoms with Crippen molar-refractivity contribution < 1.29 is 4.74 Å². The minimum absolute atomic E-state index is 0.275. The van der Waals surface area contributed by atoms with Gasteiger partial charge in [0.1, 0.15) is 4.60 Å². The van der Waals surface area contributed by atoms with E-state index < -0.39 is 0 Å². The van der Waals surface area contributed by atoms with Gasteiger partial charge in [0.15, 0.2) is 5.82 Å². The number of halogens is 1. The lowest BCUT2D eigenvalue weighted by atomic mass is 10.6. The maximum absolute atomic E-state index is 5.43. The van der Waals surface area contributed by atoms with Gasteiger partial charge >= 0.3 is 0 Å². The van der Waals surface area contributed by atoms with E-state index in [0.29, 0.717) is 10.5 Å². The topological polar surface area (TPSA) is 61.0 Å². The molecule has 0 unspecified atom stereocenters. The Morgan fingerprint density at radius 1 is 1.73 bits per heavy atom. The van der Waals surface area contributed by atoms with Crippen molar-refractivity contribution in [1.29, 1.82) is 0 Å². The average Bonchev–Trinajstić information content (AvgIpc) is 1.98. The fraction of sp³-hybridized carbons (Fsp3) is 0.167. The summed E-state index contributed by atoms with van der Waals surface area (Å²) < 4.78 is 5.57. The zero-order valence-corrected chi connectivity index (χ0v) is 7.34. The summed E-state index contributed by atoms with van der Waals surface area (Å²) in [6.45, 7) is 3.78. The molecule has 0 aliphatic heterocycles. The van der Waals surface area contributed by atoms with Crippen molar-refractivity contribution in [3.8, 4) is 5.88 Å². The molecule has 1 rings (SSSR count). The number of aromatic nitrogens is 2. The lowest BCUT2D eigenvalue weighted by molar-refractivity contribution is 0.346. The molecule has 0 bridgehead atoms. The predicted octanol–water partition coefficient (Wildman–Crippen LogP) is 1.03. The van der Waals surface area contributed by atoms with Crippen LogP contribution in [0.15, 0.2) is 10.8 Å². The van der Waals surface area contributed by atoms with Gasteiger partial charge in [-0.3, -0.25) is 0 Å². The summed E-state index contributed by atoms with van der Waals surface area (Å²) in [6.07, 6.45) is 1.51. The first-order chi connectivity index (χ1) is 5.24. The molecule has 0 aliphatic rings. The normalized spacial score (nSPS) is 9.64. The monoisotopic (exact) mass is 216 g/mol. The van der Waals surface area contributed by atoms with Gasteiger partial charge in [-0.15, -0.1) is 0 Å². The first kappa shape index (κ1) is 8.26. The maximum Gasteiger partial charge on any atom is 0.258 e. The van der Waals surface area contributed by atoms with E-state index in [4.69, 9.17) is 10.5 Å². The van der Waals surface area contributed by atoms with Gasteiger partial charge in [0.05, 0.1) is 12.8 Å². The number of anilines is 1. The molecule has 1 aromatic heterocycles. The number of ether oxygens (including phenoxy) is 1. The Morgan fingerprint density at radius 2 is 2.45 bits per heavy atom. The molecule has 0 amide bonds. The number of hydrogen-bond donors (Lipinski definition) is 1. The molecule has 0 fully saturated rings. The van der Waals surface area contributed by atoms with E-state index in [1.54, 1.807) is 0 Å². The number of nitrogens with two attached hydrogens (primary N) is 1. The minimum atomic E-state index is 0.275. The molecular weight excluding hydrogens is 210 g/mol. The standard InChI is InChI=1S/C6H7BrN3O/c1-2-11-6-5(8)9-3-4(7)10-6/h3H,1-2H2,(H2,8,9). The van der Waals surface area contributed by atoms with Gasteiger partial charge in [0.2, 0.25) is 0 Å². The SMILES string of the molecule is [CH2]COc1nc(Br)cnc1N. The zero-order chi connectivity index (χ0) is 8.27. The van der Waals surface area contributed by atoms with Gasteiger partial charge in [-0.05, 0) is 22.9 Å². The molecule has 5 heteroatoms. The molecule has 1 heterocycles. The van der Waals surface area contributed by atoms with Crippen molar-refractivity contribution in [1.82, 2.24) is 9.97 Å². The highest BCUT2D eigenvalue weighted by atomic mass is 79.9. The molecule has 0 spiro atoms. The largest absolute Gasteiger partial charge is 0.475 e. The first-order valence-electron chi connectivity index (χ1n) is 2.94. The molecule has 0 aromatic carbocycles. The summed E-state index contributed by atoms with van der Waals surface area (Å²) in [5, 5.41) is 0. The van der Waals surface area contributed by atoms with Gasteiger partial charge in [0, 0.05) is 0 Å². The van der Waals surface area contributed by atoms with Crippen LogP contribution in [-0.4, -0.2) is 16.6 Å². The van der Waals surface area contributed by atoms with E-state index in [9.17, 15) is 0 Å². The van der Waals surface area contributed by atoms with Gasteiger partial charge < -0.3 is 10.5 Å². The second kappa shape index (κ2) is 3.52. The summed E-state index contributed by atoms with van der Waals surface area (Å²) in [5.74, 6) is 0.589. The second-order valence-corrected chi connectivity index (χ2v) is 2.54. The minimum Gasteiger partial charge on any atom is -0.475 e. The van der Waals surface area contributed by atoms with Crippen LogP contribution in [0.25, 0.3) is 0 Å². The molecular formula is C6H7BrN3O. The Morgan fingerprint density at radius 3 is 3.09 bits per heavy atom. The van der Waals surface area contributed by atoms with Crippen LogP contribution in [0.5, 0.6) is 5.88 Å². The van der Waals surface area contributed by atoms with Crippen LogP contribution in [0.4, 0.5) is 5.82 Å². The van der Waals surface area contributed by atoms with Gasteiger partial charge in [0.25, 0.3) is 5.88 Å². The molecule has 0 atom stereocenters.